The summed E-state index contributed by atoms with van der Waals surface area (Å²) in [4.78, 5) is 16.3. The molecule has 3 aromatic rings. The second-order valence-corrected chi connectivity index (χ2v) is 5.85. The molecular formula is C20H16F3N3O. The van der Waals surface area contributed by atoms with Gasteiger partial charge in [-0.15, -0.1) is 0 Å². The lowest BCUT2D eigenvalue weighted by Gasteiger charge is -2.09. The molecule has 0 fully saturated rings. The fraction of sp³-hybridized carbons (Fsp3) is 0.100. The summed E-state index contributed by atoms with van der Waals surface area (Å²) < 4.78 is 39.1. The van der Waals surface area contributed by atoms with Crippen LogP contribution in [0.5, 0.6) is 0 Å². The third-order valence-electron chi connectivity index (χ3n) is 3.83. The second kappa shape index (κ2) is 8.35. The molecular weight excluding hydrogens is 355 g/mol. The van der Waals surface area contributed by atoms with Crippen molar-refractivity contribution in [1.82, 2.24) is 4.98 Å². The maximum atomic E-state index is 13.2. The molecule has 0 unspecified atom stereocenters. The van der Waals surface area contributed by atoms with Gasteiger partial charge in [-0.1, -0.05) is 12.1 Å². The number of nitrogens with zero attached hydrogens (tertiary/aromatic N) is 1. The molecule has 7 heteroatoms. The molecule has 0 aliphatic rings. The number of halogens is 3. The van der Waals surface area contributed by atoms with Crippen LogP contribution < -0.4 is 10.6 Å². The fourth-order valence-corrected chi connectivity index (χ4v) is 2.44. The Bertz CT molecular complexity index is 945. The van der Waals surface area contributed by atoms with Crippen LogP contribution in [0.15, 0.2) is 60.9 Å². The fourth-order valence-electron chi connectivity index (χ4n) is 2.44. The highest BCUT2D eigenvalue weighted by atomic mass is 19.2. The van der Waals surface area contributed by atoms with Gasteiger partial charge in [-0.25, -0.2) is 13.2 Å². The van der Waals surface area contributed by atoms with Gasteiger partial charge in [0.15, 0.2) is 11.6 Å². The molecule has 0 aliphatic carbocycles. The number of aromatic nitrogens is 1. The van der Waals surface area contributed by atoms with Crippen LogP contribution in [-0.4, -0.2) is 17.4 Å². The summed E-state index contributed by atoms with van der Waals surface area (Å²) in [6.45, 7) is 0.571. The van der Waals surface area contributed by atoms with Gasteiger partial charge in [0.05, 0.1) is 11.3 Å². The number of hydrogen-bond donors (Lipinski definition) is 2. The van der Waals surface area contributed by atoms with Gasteiger partial charge in [-0.2, -0.15) is 0 Å². The number of benzene rings is 2. The van der Waals surface area contributed by atoms with E-state index in [0.717, 1.165) is 17.7 Å². The van der Waals surface area contributed by atoms with Crippen LogP contribution in [0.3, 0.4) is 0 Å². The van der Waals surface area contributed by atoms with Crippen LogP contribution in [0.1, 0.15) is 15.9 Å². The Morgan fingerprint density at radius 2 is 1.67 bits per heavy atom. The molecule has 2 N–H and O–H groups in total. The number of hydrogen-bond acceptors (Lipinski definition) is 3. The molecule has 0 atom stereocenters. The molecule has 0 spiro atoms. The molecule has 27 heavy (non-hydrogen) atoms. The van der Waals surface area contributed by atoms with Crippen molar-refractivity contribution < 1.29 is 18.0 Å². The highest BCUT2D eigenvalue weighted by Gasteiger charge is 2.09. The predicted octanol–water partition coefficient (Wildman–Crippen LogP) is 4.41. The second-order valence-electron chi connectivity index (χ2n) is 5.85. The molecule has 2 aromatic carbocycles. The van der Waals surface area contributed by atoms with E-state index < -0.39 is 17.5 Å². The van der Waals surface area contributed by atoms with Gasteiger partial charge in [-0.3, -0.25) is 9.78 Å². The van der Waals surface area contributed by atoms with Gasteiger partial charge in [0.2, 0.25) is 0 Å². The Morgan fingerprint density at radius 3 is 2.41 bits per heavy atom. The van der Waals surface area contributed by atoms with E-state index in [2.05, 4.69) is 15.6 Å². The van der Waals surface area contributed by atoms with Gasteiger partial charge < -0.3 is 10.6 Å². The van der Waals surface area contributed by atoms with Crippen molar-refractivity contribution in [2.24, 2.45) is 0 Å². The third kappa shape index (κ3) is 5.07. The van der Waals surface area contributed by atoms with E-state index in [0.29, 0.717) is 18.7 Å². The first-order chi connectivity index (χ1) is 13.0. The summed E-state index contributed by atoms with van der Waals surface area (Å²) in [5.74, 6) is -2.80. The molecule has 4 nitrogen and oxygen atoms in total. The maximum Gasteiger partial charge on any atom is 0.257 e. The average molecular weight is 371 g/mol. The topological polar surface area (TPSA) is 54.0 Å². The smallest absolute Gasteiger partial charge is 0.257 e. The number of carbonyl (C=O) groups is 1. The Labute approximate surface area is 154 Å². The minimum atomic E-state index is -1.04. The third-order valence-corrected chi connectivity index (χ3v) is 3.83. The van der Waals surface area contributed by atoms with Crippen molar-refractivity contribution in [3.05, 3.63) is 89.5 Å². The molecule has 0 bridgehead atoms. The predicted molar refractivity (Wildman–Crippen MR) is 97.1 cm³/mol. The Morgan fingerprint density at radius 1 is 0.889 bits per heavy atom. The highest BCUT2D eigenvalue weighted by molar-refractivity contribution is 6.04. The van der Waals surface area contributed by atoms with Gasteiger partial charge in [-0.05, 0) is 42.3 Å². The van der Waals surface area contributed by atoms with Crippen LogP contribution in [-0.2, 0) is 6.42 Å². The minimum Gasteiger partial charge on any atom is -0.383 e. The molecule has 0 saturated heterocycles. The van der Waals surface area contributed by atoms with E-state index in [4.69, 9.17) is 0 Å². The lowest BCUT2D eigenvalue weighted by atomic mass is 10.1. The SMILES string of the molecule is O=C(Nc1ccc(F)c(F)c1)c1cncc(NCCc2ccc(F)cc2)c1. The average Bonchev–Trinajstić information content (AvgIpc) is 2.66. The Hall–Kier alpha value is -3.35. The first kappa shape index (κ1) is 18.4. The number of carbonyl (C=O) groups excluding carboxylic acids is 1. The van der Waals surface area contributed by atoms with Gasteiger partial charge >= 0.3 is 0 Å². The first-order valence-electron chi connectivity index (χ1n) is 8.21. The zero-order valence-electron chi connectivity index (χ0n) is 14.2. The number of rotatable bonds is 6. The van der Waals surface area contributed by atoms with Crippen molar-refractivity contribution in [2.75, 3.05) is 17.2 Å². The maximum absolute atomic E-state index is 13.2. The van der Waals surface area contributed by atoms with Crippen molar-refractivity contribution >= 4 is 17.3 Å². The quantitative estimate of drug-likeness (QED) is 0.675. The number of nitrogens with one attached hydrogen (secondary N) is 2. The van der Waals surface area contributed by atoms with Gasteiger partial charge in [0.1, 0.15) is 5.82 Å². The summed E-state index contributed by atoms with van der Waals surface area (Å²) in [5.41, 5.74) is 2.03. The molecule has 1 aromatic heterocycles. The largest absolute Gasteiger partial charge is 0.383 e. The van der Waals surface area contributed by atoms with E-state index in [-0.39, 0.29) is 17.1 Å². The molecule has 3 rings (SSSR count). The number of pyridine rings is 1. The van der Waals surface area contributed by atoms with E-state index in [9.17, 15) is 18.0 Å². The van der Waals surface area contributed by atoms with Crippen molar-refractivity contribution in [2.45, 2.75) is 6.42 Å². The first-order valence-corrected chi connectivity index (χ1v) is 8.21. The monoisotopic (exact) mass is 371 g/mol. The lowest BCUT2D eigenvalue weighted by molar-refractivity contribution is 0.102. The van der Waals surface area contributed by atoms with E-state index in [1.165, 1.54) is 24.4 Å². The standard InChI is InChI=1S/C20H16F3N3O/c21-15-3-1-13(2-4-15)7-8-25-17-9-14(11-24-12-17)20(27)26-16-5-6-18(22)19(23)10-16/h1-6,9-12,25H,7-8H2,(H,26,27). The summed E-state index contributed by atoms with van der Waals surface area (Å²) >= 11 is 0. The number of anilines is 2. The van der Waals surface area contributed by atoms with Crippen molar-refractivity contribution in [1.29, 1.82) is 0 Å². The Kier molecular flexibility index (Phi) is 5.71. The zero-order valence-corrected chi connectivity index (χ0v) is 14.2. The van der Waals surface area contributed by atoms with Crippen LogP contribution in [0.25, 0.3) is 0 Å². The molecule has 138 valence electrons. The zero-order chi connectivity index (χ0) is 19.2. The van der Waals surface area contributed by atoms with Crippen molar-refractivity contribution in [3.8, 4) is 0 Å². The highest BCUT2D eigenvalue weighted by Crippen LogP contribution is 2.15. The van der Waals surface area contributed by atoms with Crippen LogP contribution in [0.2, 0.25) is 0 Å². The summed E-state index contributed by atoms with van der Waals surface area (Å²) in [6.07, 6.45) is 3.62. The molecule has 1 heterocycles. The van der Waals surface area contributed by atoms with Gasteiger partial charge in [0, 0.05) is 30.7 Å². The summed E-state index contributed by atoms with van der Waals surface area (Å²) in [6, 6.07) is 11.0. The van der Waals surface area contributed by atoms with Crippen LogP contribution in [0.4, 0.5) is 24.5 Å². The number of amides is 1. The van der Waals surface area contributed by atoms with E-state index in [1.807, 2.05) is 0 Å². The molecule has 0 radical (unpaired) electrons. The molecule has 1 amide bonds. The molecule has 0 saturated carbocycles. The summed E-state index contributed by atoms with van der Waals surface area (Å²) in [5, 5.41) is 5.63. The lowest BCUT2D eigenvalue weighted by Crippen LogP contribution is -2.13. The summed E-state index contributed by atoms with van der Waals surface area (Å²) in [7, 11) is 0. The van der Waals surface area contributed by atoms with E-state index >= 15 is 0 Å². The van der Waals surface area contributed by atoms with Gasteiger partial charge in [0.25, 0.3) is 5.91 Å². The van der Waals surface area contributed by atoms with Crippen LogP contribution >= 0.6 is 0 Å². The minimum absolute atomic E-state index is 0.147. The van der Waals surface area contributed by atoms with Crippen LogP contribution in [0, 0.1) is 17.5 Å². The molecule has 0 aliphatic heterocycles. The normalized spacial score (nSPS) is 10.5. The Balaban J connectivity index is 1.59. The van der Waals surface area contributed by atoms with E-state index in [1.54, 1.807) is 24.4 Å². The van der Waals surface area contributed by atoms with Crippen molar-refractivity contribution in [3.63, 3.8) is 0 Å².